The average molecular weight is 300 g/mol. The highest BCUT2D eigenvalue weighted by atomic mass is 32.2. The van der Waals surface area contributed by atoms with Crippen molar-refractivity contribution < 1.29 is 19.9 Å². The molecule has 0 aliphatic rings. The Labute approximate surface area is 120 Å². The van der Waals surface area contributed by atoms with Gasteiger partial charge in [-0.1, -0.05) is 0 Å². The minimum absolute atomic E-state index is 0.137. The first kappa shape index (κ1) is 16.4. The molecule has 7 nitrogen and oxygen atoms in total. The van der Waals surface area contributed by atoms with Crippen LogP contribution in [0.25, 0.3) is 0 Å². The Morgan fingerprint density at radius 1 is 1.55 bits per heavy atom. The van der Waals surface area contributed by atoms with Gasteiger partial charge in [0.2, 0.25) is 0 Å². The SMILES string of the molecule is CCNC(=O)c1ccc(SCC(O)CO)c([N+](=O)[O-])c1. The van der Waals surface area contributed by atoms with Crippen molar-refractivity contribution in [1.29, 1.82) is 0 Å². The van der Waals surface area contributed by atoms with E-state index in [9.17, 15) is 20.0 Å². The minimum atomic E-state index is -0.942. The third kappa shape index (κ3) is 4.48. The third-order valence-electron chi connectivity index (χ3n) is 2.40. The number of aliphatic hydroxyl groups excluding tert-OH is 2. The fraction of sp³-hybridized carbons (Fsp3) is 0.417. The Morgan fingerprint density at radius 3 is 2.80 bits per heavy atom. The molecular formula is C12H16N2O5S. The largest absolute Gasteiger partial charge is 0.394 e. The molecule has 8 heteroatoms. The average Bonchev–Trinajstić information content (AvgIpc) is 2.44. The maximum absolute atomic E-state index is 11.6. The summed E-state index contributed by atoms with van der Waals surface area (Å²) in [6.07, 6.45) is -0.942. The summed E-state index contributed by atoms with van der Waals surface area (Å²) in [7, 11) is 0. The Balaban J connectivity index is 2.96. The van der Waals surface area contributed by atoms with E-state index in [4.69, 9.17) is 5.11 Å². The van der Waals surface area contributed by atoms with E-state index in [0.717, 1.165) is 11.8 Å². The highest BCUT2D eigenvalue weighted by Gasteiger charge is 2.18. The number of nitro groups is 1. The highest BCUT2D eigenvalue weighted by molar-refractivity contribution is 7.99. The van der Waals surface area contributed by atoms with Crippen molar-refractivity contribution in [2.45, 2.75) is 17.9 Å². The van der Waals surface area contributed by atoms with Gasteiger partial charge in [0, 0.05) is 23.9 Å². The van der Waals surface area contributed by atoms with Crippen molar-refractivity contribution in [2.75, 3.05) is 18.9 Å². The van der Waals surface area contributed by atoms with E-state index in [1.807, 2.05) is 0 Å². The van der Waals surface area contributed by atoms with Gasteiger partial charge < -0.3 is 15.5 Å². The molecule has 0 fully saturated rings. The molecule has 0 saturated heterocycles. The van der Waals surface area contributed by atoms with Crippen LogP contribution in [0, 0.1) is 10.1 Å². The van der Waals surface area contributed by atoms with Gasteiger partial charge in [-0.05, 0) is 19.1 Å². The van der Waals surface area contributed by atoms with Crippen LogP contribution in [0.3, 0.4) is 0 Å². The maximum atomic E-state index is 11.6. The second kappa shape index (κ2) is 7.83. The number of hydrogen-bond acceptors (Lipinski definition) is 6. The number of aliphatic hydroxyl groups is 2. The van der Waals surface area contributed by atoms with Crippen molar-refractivity contribution in [2.24, 2.45) is 0 Å². The lowest BCUT2D eigenvalue weighted by Crippen LogP contribution is -2.22. The van der Waals surface area contributed by atoms with Crippen molar-refractivity contribution in [1.82, 2.24) is 5.32 Å². The molecule has 1 unspecified atom stereocenters. The molecule has 0 aliphatic carbocycles. The van der Waals surface area contributed by atoms with E-state index >= 15 is 0 Å². The molecule has 0 heterocycles. The van der Waals surface area contributed by atoms with E-state index in [1.165, 1.54) is 18.2 Å². The number of nitrogens with one attached hydrogen (secondary N) is 1. The first-order chi connectivity index (χ1) is 9.49. The van der Waals surface area contributed by atoms with Gasteiger partial charge in [-0.25, -0.2) is 0 Å². The van der Waals surface area contributed by atoms with E-state index in [-0.39, 0.29) is 22.9 Å². The van der Waals surface area contributed by atoms with Gasteiger partial charge in [-0.15, -0.1) is 11.8 Å². The van der Waals surface area contributed by atoms with Crippen LogP contribution in [0.1, 0.15) is 17.3 Å². The van der Waals surface area contributed by atoms with Crippen LogP contribution >= 0.6 is 11.8 Å². The Hall–Kier alpha value is -1.64. The smallest absolute Gasteiger partial charge is 0.283 e. The number of thioether (sulfide) groups is 1. The molecule has 1 atom stereocenters. The molecular weight excluding hydrogens is 284 g/mol. The van der Waals surface area contributed by atoms with Gasteiger partial charge in [0.05, 0.1) is 22.5 Å². The zero-order chi connectivity index (χ0) is 15.1. The summed E-state index contributed by atoms with van der Waals surface area (Å²) in [6.45, 7) is 1.79. The van der Waals surface area contributed by atoms with Crippen LogP contribution in [0.15, 0.2) is 23.1 Å². The van der Waals surface area contributed by atoms with Crippen molar-refractivity contribution in [3.05, 3.63) is 33.9 Å². The fourth-order valence-electron chi connectivity index (χ4n) is 1.42. The number of carbonyl (C=O) groups is 1. The summed E-state index contributed by atoms with van der Waals surface area (Å²) in [5, 5.41) is 31.6. The lowest BCUT2D eigenvalue weighted by molar-refractivity contribution is -0.387. The van der Waals surface area contributed by atoms with Crippen LogP contribution < -0.4 is 5.32 Å². The van der Waals surface area contributed by atoms with E-state index in [0.29, 0.717) is 11.4 Å². The van der Waals surface area contributed by atoms with Crippen LogP contribution in [0.5, 0.6) is 0 Å². The molecule has 110 valence electrons. The first-order valence-corrected chi connectivity index (χ1v) is 6.96. The molecule has 0 bridgehead atoms. The highest BCUT2D eigenvalue weighted by Crippen LogP contribution is 2.30. The summed E-state index contributed by atoms with van der Waals surface area (Å²) >= 11 is 1.06. The number of amides is 1. The van der Waals surface area contributed by atoms with Crippen LogP contribution in [-0.2, 0) is 0 Å². The van der Waals surface area contributed by atoms with Crippen LogP contribution in [-0.4, -0.2) is 46.1 Å². The standard InChI is InChI=1S/C12H16N2O5S/c1-2-13-12(17)8-3-4-11(10(5-8)14(18)19)20-7-9(16)6-15/h3-5,9,15-16H,2,6-7H2,1H3,(H,13,17). The van der Waals surface area contributed by atoms with Crippen molar-refractivity contribution in [3.8, 4) is 0 Å². The summed E-state index contributed by atoms with van der Waals surface area (Å²) in [4.78, 5) is 22.4. The van der Waals surface area contributed by atoms with Crippen molar-refractivity contribution in [3.63, 3.8) is 0 Å². The van der Waals surface area contributed by atoms with Gasteiger partial charge in [0.25, 0.3) is 11.6 Å². The lowest BCUT2D eigenvalue weighted by Gasteiger charge is -2.08. The van der Waals surface area contributed by atoms with Gasteiger partial charge in [-0.2, -0.15) is 0 Å². The maximum Gasteiger partial charge on any atom is 0.283 e. The van der Waals surface area contributed by atoms with Gasteiger partial charge in [-0.3, -0.25) is 14.9 Å². The minimum Gasteiger partial charge on any atom is -0.394 e. The Morgan fingerprint density at radius 2 is 2.25 bits per heavy atom. The zero-order valence-electron chi connectivity index (χ0n) is 10.9. The number of hydrogen-bond donors (Lipinski definition) is 3. The summed E-state index contributed by atoms with van der Waals surface area (Å²) in [6, 6.07) is 4.17. The normalized spacial score (nSPS) is 11.9. The summed E-state index contributed by atoms with van der Waals surface area (Å²) < 4.78 is 0. The number of rotatable bonds is 7. The van der Waals surface area contributed by atoms with Crippen LogP contribution in [0.2, 0.25) is 0 Å². The topological polar surface area (TPSA) is 113 Å². The molecule has 0 aromatic heterocycles. The van der Waals surface area contributed by atoms with Gasteiger partial charge in [0.15, 0.2) is 0 Å². The molecule has 0 radical (unpaired) electrons. The molecule has 1 rings (SSSR count). The molecule has 0 saturated carbocycles. The van der Waals surface area contributed by atoms with Gasteiger partial charge >= 0.3 is 0 Å². The molecule has 1 amide bonds. The molecule has 0 spiro atoms. The second-order valence-electron chi connectivity index (χ2n) is 3.95. The van der Waals surface area contributed by atoms with E-state index < -0.39 is 17.6 Å². The van der Waals surface area contributed by atoms with Crippen LogP contribution in [0.4, 0.5) is 5.69 Å². The Kier molecular flexibility index (Phi) is 6.43. The second-order valence-corrected chi connectivity index (χ2v) is 5.01. The summed E-state index contributed by atoms with van der Waals surface area (Å²) in [5.41, 5.74) is 0.0227. The first-order valence-electron chi connectivity index (χ1n) is 5.98. The predicted octanol–water partition coefficient (Wildman–Crippen LogP) is 0.790. The monoisotopic (exact) mass is 300 g/mol. The number of nitro benzene ring substituents is 1. The number of carbonyl (C=O) groups excluding carboxylic acids is 1. The fourth-order valence-corrected chi connectivity index (χ4v) is 2.35. The van der Waals surface area contributed by atoms with E-state index in [2.05, 4.69) is 5.32 Å². The molecule has 3 N–H and O–H groups in total. The lowest BCUT2D eigenvalue weighted by atomic mass is 10.2. The molecule has 1 aromatic rings. The molecule has 1 aromatic carbocycles. The predicted molar refractivity (Wildman–Crippen MR) is 74.9 cm³/mol. The number of nitrogens with zero attached hydrogens (tertiary/aromatic N) is 1. The van der Waals surface area contributed by atoms with E-state index in [1.54, 1.807) is 6.92 Å². The quantitative estimate of drug-likeness (QED) is 0.390. The number of benzene rings is 1. The Bertz CT molecular complexity index is 495. The third-order valence-corrected chi connectivity index (χ3v) is 3.60. The molecule has 20 heavy (non-hydrogen) atoms. The van der Waals surface area contributed by atoms with Gasteiger partial charge in [0.1, 0.15) is 0 Å². The van der Waals surface area contributed by atoms with Crippen molar-refractivity contribution >= 4 is 23.4 Å². The molecule has 0 aliphatic heterocycles. The zero-order valence-corrected chi connectivity index (χ0v) is 11.7. The summed E-state index contributed by atoms with van der Waals surface area (Å²) in [5.74, 6) is -0.236.